The first-order valence-electron chi connectivity index (χ1n) is 4.27. The summed E-state index contributed by atoms with van der Waals surface area (Å²) in [5, 5.41) is 8.94. The van der Waals surface area contributed by atoms with E-state index < -0.39 is 0 Å². The average Bonchev–Trinajstić information content (AvgIpc) is 2.56. The van der Waals surface area contributed by atoms with Crippen molar-refractivity contribution in [2.24, 2.45) is 0 Å². The van der Waals surface area contributed by atoms with Crippen molar-refractivity contribution in [2.75, 3.05) is 0 Å². The highest BCUT2D eigenvalue weighted by molar-refractivity contribution is 5.49. The third-order valence-electron chi connectivity index (χ3n) is 2.23. The highest BCUT2D eigenvalue weighted by Crippen LogP contribution is 2.12. The summed E-state index contributed by atoms with van der Waals surface area (Å²) >= 11 is 0. The number of hydrogen-bond donors (Lipinski definition) is 1. The van der Waals surface area contributed by atoms with Crippen LogP contribution in [-0.4, -0.2) is 14.5 Å². The van der Waals surface area contributed by atoms with E-state index in [9.17, 15) is 0 Å². The van der Waals surface area contributed by atoms with Crippen LogP contribution in [0.1, 0.15) is 17.0 Å². The predicted octanol–water partition coefficient (Wildman–Crippen LogP) is 1.44. The van der Waals surface area contributed by atoms with Gasteiger partial charge in [0.15, 0.2) is 0 Å². The molecule has 0 aliphatic rings. The summed E-state index contributed by atoms with van der Waals surface area (Å²) in [6, 6.07) is 4.09. The minimum atomic E-state index is 0.000556. The van der Waals surface area contributed by atoms with Crippen molar-refractivity contribution >= 4 is 5.65 Å². The number of aryl methyl sites for hydroxylation is 2. The van der Waals surface area contributed by atoms with Gasteiger partial charge in [-0.05, 0) is 25.5 Å². The molecular formula is C10H12N2O. The highest BCUT2D eigenvalue weighted by atomic mass is 16.3. The molecule has 0 aliphatic carbocycles. The van der Waals surface area contributed by atoms with Crippen LogP contribution >= 0.6 is 0 Å². The van der Waals surface area contributed by atoms with Crippen LogP contribution in [0.25, 0.3) is 5.65 Å². The second kappa shape index (κ2) is 2.85. The maximum absolute atomic E-state index is 8.94. The third-order valence-corrected chi connectivity index (χ3v) is 2.23. The number of aromatic nitrogens is 2. The number of nitrogens with zero attached hydrogens (tertiary/aromatic N) is 2. The molecule has 0 unspecified atom stereocenters. The van der Waals surface area contributed by atoms with Crippen LogP contribution in [0.3, 0.4) is 0 Å². The fraction of sp³-hybridized carbons (Fsp3) is 0.300. The summed E-state index contributed by atoms with van der Waals surface area (Å²) in [5.74, 6) is 0. The normalized spacial score (nSPS) is 11.0. The average molecular weight is 176 g/mol. The van der Waals surface area contributed by atoms with E-state index in [1.165, 1.54) is 0 Å². The third kappa shape index (κ3) is 1.21. The SMILES string of the molecule is Cc1ccc(C)n2cc(CO)nc12. The number of fused-ring (bicyclic) bond motifs is 1. The Balaban J connectivity index is 2.80. The second-order valence-electron chi connectivity index (χ2n) is 3.24. The molecule has 3 nitrogen and oxygen atoms in total. The van der Waals surface area contributed by atoms with Gasteiger partial charge in [0.1, 0.15) is 5.65 Å². The van der Waals surface area contributed by atoms with Crippen molar-refractivity contribution in [2.45, 2.75) is 20.5 Å². The fourth-order valence-corrected chi connectivity index (χ4v) is 1.45. The minimum absolute atomic E-state index is 0.000556. The Bertz CT molecular complexity index is 406. The van der Waals surface area contributed by atoms with Crippen molar-refractivity contribution in [3.63, 3.8) is 0 Å². The van der Waals surface area contributed by atoms with E-state index in [2.05, 4.69) is 4.98 Å². The molecule has 1 N–H and O–H groups in total. The molecule has 0 aliphatic heterocycles. The van der Waals surface area contributed by atoms with Gasteiger partial charge in [0.2, 0.25) is 0 Å². The zero-order valence-corrected chi connectivity index (χ0v) is 7.78. The number of rotatable bonds is 1. The van der Waals surface area contributed by atoms with Gasteiger partial charge in [0, 0.05) is 11.9 Å². The quantitative estimate of drug-likeness (QED) is 0.714. The molecule has 0 radical (unpaired) electrons. The summed E-state index contributed by atoms with van der Waals surface area (Å²) in [4.78, 5) is 4.30. The molecule has 2 aromatic heterocycles. The first-order chi connectivity index (χ1) is 6.22. The number of aliphatic hydroxyl groups is 1. The molecule has 13 heavy (non-hydrogen) atoms. The first kappa shape index (κ1) is 8.26. The summed E-state index contributed by atoms with van der Waals surface area (Å²) in [6.07, 6.45) is 1.87. The Morgan fingerprint density at radius 1 is 1.38 bits per heavy atom. The highest BCUT2D eigenvalue weighted by Gasteiger charge is 2.04. The smallest absolute Gasteiger partial charge is 0.140 e. The number of imidazole rings is 1. The van der Waals surface area contributed by atoms with Gasteiger partial charge in [-0.15, -0.1) is 0 Å². The van der Waals surface area contributed by atoms with E-state index in [1.54, 1.807) is 0 Å². The molecule has 0 saturated carbocycles. The van der Waals surface area contributed by atoms with Crippen LogP contribution < -0.4 is 0 Å². The van der Waals surface area contributed by atoms with Crippen molar-refractivity contribution in [3.05, 3.63) is 35.3 Å². The van der Waals surface area contributed by atoms with Gasteiger partial charge in [0.25, 0.3) is 0 Å². The topological polar surface area (TPSA) is 37.5 Å². The molecule has 2 rings (SSSR count). The minimum Gasteiger partial charge on any atom is -0.390 e. The predicted molar refractivity (Wildman–Crippen MR) is 50.6 cm³/mol. The van der Waals surface area contributed by atoms with Crippen molar-refractivity contribution in [1.82, 2.24) is 9.38 Å². The van der Waals surface area contributed by atoms with Gasteiger partial charge in [-0.25, -0.2) is 4.98 Å². The number of hydrogen-bond acceptors (Lipinski definition) is 2. The lowest BCUT2D eigenvalue weighted by atomic mass is 10.2. The standard InChI is InChI=1S/C10H12N2O/c1-7-3-4-8(2)12-5-9(6-13)11-10(7)12/h3-5,13H,6H2,1-2H3. The molecule has 0 spiro atoms. The van der Waals surface area contributed by atoms with Gasteiger partial charge in [-0.1, -0.05) is 6.07 Å². The van der Waals surface area contributed by atoms with Crippen LogP contribution in [-0.2, 0) is 6.61 Å². The Hall–Kier alpha value is -1.35. The van der Waals surface area contributed by atoms with E-state index >= 15 is 0 Å². The van der Waals surface area contributed by atoms with E-state index in [1.807, 2.05) is 36.6 Å². The zero-order valence-electron chi connectivity index (χ0n) is 7.78. The van der Waals surface area contributed by atoms with Gasteiger partial charge in [-0.2, -0.15) is 0 Å². The number of pyridine rings is 1. The lowest BCUT2D eigenvalue weighted by Gasteiger charge is -2.00. The van der Waals surface area contributed by atoms with Crippen LogP contribution in [0.2, 0.25) is 0 Å². The van der Waals surface area contributed by atoms with E-state index in [0.717, 1.165) is 22.6 Å². The molecule has 0 saturated heterocycles. The largest absolute Gasteiger partial charge is 0.390 e. The van der Waals surface area contributed by atoms with Gasteiger partial charge in [0.05, 0.1) is 12.3 Å². The monoisotopic (exact) mass is 176 g/mol. The fourth-order valence-electron chi connectivity index (χ4n) is 1.45. The van der Waals surface area contributed by atoms with E-state index in [0.29, 0.717) is 0 Å². The maximum atomic E-state index is 8.94. The Morgan fingerprint density at radius 3 is 2.77 bits per heavy atom. The molecule has 68 valence electrons. The Morgan fingerprint density at radius 2 is 2.15 bits per heavy atom. The summed E-state index contributed by atoms with van der Waals surface area (Å²) in [6.45, 7) is 4.04. The molecule has 3 heteroatoms. The molecule has 0 amide bonds. The second-order valence-corrected chi connectivity index (χ2v) is 3.24. The molecule has 0 bridgehead atoms. The van der Waals surface area contributed by atoms with E-state index in [-0.39, 0.29) is 6.61 Å². The summed E-state index contributed by atoms with van der Waals surface area (Å²) in [7, 11) is 0. The first-order valence-corrected chi connectivity index (χ1v) is 4.27. The van der Waals surface area contributed by atoms with E-state index in [4.69, 9.17) is 5.11 Å². The van der Waals surface area contributed by atoms with Crippen LogP contribution in [0.5, 0.6) is 0 Å². The molecule has 0 fully saturated rings. The Kier molecular flexibility index (Phi) is 1.81. The lowest BCUT2D eigenvalue weighted by Crippen LogP contribution is -1.90. The maximum Gasteiger partial charge on any atom is 0.140 e. The zero-order chi connectivity index (χ0) is 9.42. The Labute approximate surface area is 76.7 Å². The van der Waals surface area contributed by atoms with Gasteiger partial charge < -0.3 is 9.51 Å². The van der Waals surface area contributed by atoms with Crippen molar-refractivity contribution in [1.29, 1.82) is 0 Å². The van der Waals surface area contributed by atoms with Crippen LogP contribution in [0.4, 0.5) is 0 Å². The molecule has 2 heterocycles. The van der Waals surface area contributed by atoms with Crippen LogP contribution in [0, 0.1) is 13.8 Å². The van der Waals surface area contributed by atoms with Crippen molar-refractivity contribution < 1.29 is 5.11 Å². The van der Waals surface area contributed by atoms with Gasteiger partial charge in [-0.3, -0.25) is 0 Å². The molecule has 0 atom stereocenters. The van der Waals surface area contributed by atoms with Crippen LogP contribution in [0.15, 0.2) is 18.3 Å². The molecule has 2 aromatic rings. The summed E-state index contributed by atoms with van der Waals surface area (Å²) in [5.41, 5.74) is 3.92. The van der Waals surface area contributed by atoms with Gasteiger partial charge >= 0.3 is 0 Å². The molecular weight excluding hydrogens is 164 g/mol. The lowest BCUT2D eigenvalue weighted by molar-refractivity contribution is 0.277. The van der Waals surface area contributed by atoms with Crippen molar-refractivity contribution in [3.8, 4) is 0 Å². The molecule has 0 aromatic carbocycles. The summed E-state index contributed by atoms with van der Waals surface area (Å²) < 4.78 is 2.00. The number of aliphatic hydroxyl groups excluding tert-OH is 1.